The van der Waals surface area contributed by atoms with E-state index in [9.17, 15) is 13.2 Å². The van der Waals surface area contributed by atoms with Crippen molar-refractivity contribution in [3.63, 3.8) is 0 Å². The molecule has 0 radical (unpaired) electrons. The summed E-state index contributed by atoms with van der Waals surface area (Å²) in [7, 11) is -3.60. The van der Waals surface area contributed by atoms with E-state index < -0.39 is 22.5 Å². The maximum absolute atomic E-state index is 11.7. The summed E-state index contributed by atoms with van der Waals surface area (Å²) >= 11 is 0. The summed E-state index contributed by atoms with van der Waals surface area (Å²) in [4.78, 5) is 13.0. The average Bonchev–Trinajstić information content (AvgIpc) is 2.54. The molecule has 1 aliphatic rings. The molecule has 1 atom stereocenters. The van der Waals surface area contributed by atoms with Gasteiger partial charge in [-0.25, -0.2) is 8.42 Å². The molecule has 1 N–H and O–H groups in total. The van der Waals surface area contributed by atoms with Gasteiger partial charge in [-0.15, -0.1) is 0 Å². The van der Waals surface area contributed by atoms with Gasteiger partial charge in [0.1, 0.15) is 18.9 Å². The molecule has 1 heterocycles. The molecule has 2 rings (SSSR count). The summed E-state index contributed by atoms with van der Waals surface area (Å²) in [6.45, 7) is 2.40. The number of benzene rings is 1. The van der Waals surface area contributed by atoms with Crippen molar-refractivity contribution in [2.75, 3.05) is 52.2 Å². The van der Waals surface area contributed by atoms with Crippen LogP contribution < -0.4 is 4.74 Å². The standard InChI is InChI=1S/C16H24N2O6S/c1-25(21,22)18(13-16(19)20)12-15-11-17(8-10-24-15)7-9-23-14-5-3-2-4-6-14/h2-6,15H,7-13H2,1H3,(H,19,20)/t15-/m1/s1. The zero-order chi connectivity index (χ0) is 18.3. The Kier molecular flexibility index (Phi) is 7.18. The molecule has 1 aliphatic heterocycles. The molecule has 0 bridgehead atoms. The van der Waals surface area contributed by atoms with Gasteiger partial charge in [0.2, 0.25) is 10.0 Å². The quantitative estimate of drug-likeness (QED) is 0.657. The van der Waals surface area contributed by atoms with Crippen LogP contribution in [0.1, 0.15) is 0 Å². The number of carboxylic acids is 1. The predicted octanol–water partition coefficient (Wildman–Crippen LogP) is 0.112. The third-order valence-electron chi connectivity index (χ3n) is 3.83. The maximum atomic E-state index is 11.7. The Morgan fingerprint density at radius 3 is 2.76 bits per heavy atom. The van der Waals surface area contributed by atoms with Crippen molar-refractivity contribution in [3.8, 4) is 5.75 Å². The van der Waals surface area contributed by atoms with Crippen molar-refractivity contribution in [2.45, 2.75) is 6.10 Å². The molecule has 0 spiro atoms. The second-order valence-corrected chi connectivity index (χ2v) is 7.89. The summed E-state index contributed by atoms with van der Waals surface area (Å²) in [6.07, 6.45) is 0.643. The molecule has 0 amide bonds. The van der Waals surface area contributed by atoms with Crippen molar-refractivity contribution in [1.29, 1.82) is 0 Å². The number of nitrogens with zero attached hydrogens (tertiary/aromatic N) is 2. The van der Waals surface area contributed by atoms with Gasteiger partial charge in [0.15, 0.2) is 0 Å². The molecule has 0 aromatic heterocycles. The highest BCUT2D eigenvalue weighted by atomic mass is 32.2. The highest BCUT2D eigenvalue weighted by Crippen LogP contribution is 2.11. The molecular formula is C16H24N2O6S. The van der Waals surface area contributed by atoms with Gasteiger partial charge < -0.3 is 14.6 Å². The first-order valence-electron chi connectivity index (χ1n) is 8.03. The van der Waals surface area contributed by atoms with Gasteiger partial charge in [0.05, 0.1) is 19.0 Å². The first kappa shape index (κ1) is 19.6. The van der Waals surface area contributed by atoms with E-state index in [1.807, 2.05) is 30.3 Å². The maximum Gasteiger partial charge on any atom is 0.318 e. The number of aliphatic carboxylic acids is 1. The molecule has 0 unspecified atom stereocenters. The number of carbonyl (C=O) groups is 1. The predicted molar refractivity (Wildman–Crippen MR) is 92.2 cm³/mol. The van der Waals surface area contributed by atoms with Crippen LogP contribution in [0.3, 0.4) is 0 Å². The van der Waals surface area contributed by atoms with Crippen LogP contribution in [0.4, 0.5) is 0 Å². The summed E-state index contributed by atoms with van der Waals surface area (Å²) in [5, 5.41) is 8.88. The number of hydrogen-bond donors (Lipinski definition) is 1. The van der Waals surface area contributed by atoms with Crippen molar-refractivity contribution in [1.82, 2.24) is 9.21 Å². The Hall–Kier alpha value is -1.68. The summed E-state index contributed by atoms with van der Waals surface area (Å²) in [5.41, 5.74) is 0. The number of rotatable bonds is 9. The smallest absolute Gasteiger partial charge is 0.318 e. The molecule has 1 aromatic carbocycles. The molecule has 0 aliphatic carbocycles. The Balaban J connectivity index is 1.82. The largest absolute Gasteiger partial charge is 0.492 e. The lowest BCUT2D eigenvalue weighted by Gasteiger charge is -2.34. The van der Waals surface area contributed by atoms with E-state index in [2.05, 4.69) is 4.90 Å². The topological polar surface area (TPSA) is 96.4 Å². The normalized spacial score (nSPS) is 19.0. The summed E-state index contributed by atoms with van der Waals surface area (Å²) in [5.74, 6) is -0.383. The molecule has 9 heteroatoms. The third kappa shape index (κ3) is 6.99. The Labute approximate surface area is 148 Å². The minimum atomic E-state index is -3.60. The number of ether oxygens (including phenoxy) is 2. The van der Waals surface area contributed by atoms with Crippen molar-refractivity contribution in [3.05, 3.63) is 30.3 Å². The summed E-state index contributed by atoms with van der Waals surface area (Å²) in [6, 6.07) is 9.50. The minimum Gasteiger partial charge on any atom is -0.492 e. The van der Waals surface area contributed by atoms with Crippen LogP contribution in [0, 0.1) is 0 Å². The van der Waals surface area contributed by atoms with Gasteiger partial charge in [-0.1, -0.05) is 18.2 Å². The molecule has 1 saturated heterocycles. The van der Waals surface area contributed by atoms with Crippen LogP contribution in [-0.2, 0) is 19.6 Å². The second kappa shape index (κ2) is 9.14. The Morgan fingerprint density at radius 2 is 2.12 bits per heavy atom. The second-order valence-electron chi connectivity index (χ2n) is 5.90. The molecule has 140 valence electrons. The zero-order valence-corrected chi connectivity index (χ0v) is 15.0. The molecule has 0 saturated carbocycles. The third-order valence-corrected chi connectivity index (χ3v) is 5.05. The lowest BCUT2D eigenvalue weighted by atomic mass is 10.2. The zero-order valence-electron chi connectivity index (χ0n) is 14.2. The van der Waals surface area contributed by atoms with Crippen molar-refractivity contribution >= 4 is 16.0 Å². The number of morpholine rings is 1. The molecule has 1 aromatic rings. The van der Waals surface area contributed by atoms with Crippen LogP contribution in [0.2, 0.25) is 0 Å². The van der Waals surface area contributed by atoms with Crippen molar-refractivity contribution < 1.29 is 27.8 Å². The fourth-order valence-electron chi connectivity index (χ4n) is 2.60. The Bertz CT molecular complexity index is 652. The van der Waals surface area contributed by atoms with Gasteiger partial charge in [-0.05, 0) is 12.1 Å². The highest BCUT2D eigenvalue weighted by molar-refractivity contribution is 7.88. The number of para-hydroxylation sites is 1. The van der Waals surface area contributed by atoms with E-state index >= 15 is 0 Å². The van der Waals surface area contributed by atoms with Gasteiger partial charge >= 0.3 is 5.97 Å². The summed E-state index contributed by atoms with van der Waals surface area (Å²) < 4.78 is 35.6. The molecule has 8 nitrogen and oxygen atoms in total. The van der Waals surface area contributed by atoms with E-state index in [1.165, 1.54) is 0 Å². The number of sulfonamides is 1. The van der Waals surface area contributed by atoms with Crippen LogP contribution >= 0.6 is 0 Å². The van der Waals surface area contributed by atoms with E-state index in [4.69, 9.17) is 14.6 Å². The average molecular weight is 372 g/mol. The van der Waals surface area contributed by atoms with Gasteiger partial charge in [-0.2, -0.15) is 4.31 Å². The molecule has 25 heavy (non-hydrogen) atoms. The van der Waals surface area contributed by atoms with Gasteiger partial charge in [0.25, 0.3) is 0 Å². The first-order valence-corrected chi connectivity index (χ1v) is 9.88. The molecular weight excluding hydrogens is 348 g/mol. The van der Waals surface area contributed by atoms with Crippen molar-refractivity contribution in [2.24, 2.45) is 0 Å². The lowest BCUT2D eigenvalue weighted by molar-refractivity contribution is -0.137. The van der Waals surface area contributed by atoms with E-state index in [0.29, 0.717) is 26.3 Å². The molecule has 1 fully saturated rings. The minimum absolute atomic E-state index is 0.0289. The van der Waals surface area contributed by atoms with Crippen LogP contribution in [0.25, 0.3) is 0 Å². The van der Waals surface area contributed by atoms with E-state index in [1.54, 1.807) is 0 Å². The lowest BCUT2D eigenvalue weighted by Crippen LogP contribution is -2.50. The Morgan fingerprint density at radius 1 is 1.40 bits per heavy atom. The van der Waals surface area contributed by atoms with Crippen LogP contribution in [0.15, 0.2) is 30.3 Å². The first-order chi connectivity index (χ1) is 11.8. The van der Waals surface area contributed by atoms with E-state index in [-0.39, 0.29) is 12.6 Å². The fraction of sp³-hybridized carbons (Fsp3) is 0.562. The van der Waals surface area contributed by atoms with Gasteiger partial charge in [-0.3, -0.25) is 9.69 Å². The monoisotopic (exact) mass is 372 g/mol. The van der Waals surface area contributed by atoms with E-state index in [0.717, 1.165) is 22.9 Å². The highest BCUT2D eigenvalue weighted by Gasteiger charge is 2.27. The van der Waals surface area contributed by atoms with Gasteiger partial charge in [0, 0.05) is 26.2 Å². The SMILES string of the molecule is CS(=O)(=O)N(CC(=O)O)C[C@H]1CN(CCOc2ccccc2)CCO1. The number of hydrogen-bond acceptors (Lipinski definition) is 6. The van der Waals surface area contributed by atoms with Crippen LogP contribution in [-0.4, -0.2) is 87.0 Å². The number of carboxylic acid groups (broad SMARTS) is 1. The fourth-order valence-corrected chi connectivity index (χ4v) is 3.38. The van der Waals surface area contributed by atoms with Crippen LogP contribution in [0.5, 0.6) is 5.75 Å².